The Kier molecular flexibility index (Phi) is 5.66. The first-order valence-electron chi connectivity index (χ1n) is 7.19. The van der Waals surface area contributed by atoms with Crippen LogP contribution in [-0.4, -0.2) is 30.9 Å². The van der Waals surface area contributed by atoms with E-state index in [1.807, 2.05) is 18.2 Å². The predicted molar refractivity (Wildman–Crippen MR) is 81.8 cm³/mol. The van der Waals surface area contributed by atoms with Crippen molar-refractivity contribution in [3.05, 3.63) is 24.3 Å². The predicted octanol–water partition coefficient (Wildman–Crippen LogP) is 3.97. The van der Waals surface area contributed by atoms with Crippen LogP contribution in [0.4, 0.5) is 14.5 Å². The highest BCUT2D eigenvalue weighted by molar-refractivity contribution is 7.99. The molecule has 0 saturated carbocycles. The van der Waals surface area contributed by atoms with Gasteiger partial charge in [0.15, 0.2) is 0 Å². The topological polar surface area (TPSA) is 15.3 Å². The van der Waals surface area contributed by atoms with Crippen LogP contribution < -0.4 is 10.2 Å². The summed E-state index contributed by atoms with van der Waals surface area (Å²) in [5.74, 6) is -2.37. The molecule has 0 amide bonds. The van der Waals surface area contributed by atoms with Gasteiger partial charge in [0, 0.05) is 30.1 Å². The van der Waals surface area contributed by atoms with Crippen LogP contribution >= 0.6 is 11.8 Å². The molecule has 1 aromatic carbocycles. The monoisotopic (exact) mass is 300 g/mol. The SMILES string of the molecule is CCC1CN(c2ccccc2SC(F)F)C(CC)CN1. The van der Waals surface area contributed by atoms with Crippen LogP contribution in [0.3, 0.4) is 0 Å². The van der Waals surface area contributed by atoms with Gasteiger partial charge in [-0.05, 0) is 25.0 Å². The number of piperazine rings is 1. The minimum absolute atomic E-state index is 0.372. The van der Waals surface area contributed by atoms with Crippen molar-refractivity contribution in [2.75, 3.05) is 18.0 Å². The molecule has 5 heteroatoms. The van der Waals surface area contributed by atoms with E-state index in [0.717, 1.165) is 31.6 Å². The van der Waals surface area contributed by atoms with Gasteiger partial charge in [-0.1, -0.05) is 37.7 Å². The van der Waals surface area contributed by atoms with Crippen molar-refractivity contribution in [3.8, 4) is 0 Å². The number of benzene rings is 1. The molecule has 0 spiro atoms. The summed E-state index contributed by atoms with van der Waals surface area (Å²) in [7, 11) is 0. The number of thioether (sulfide) groups is 1. The molecule has 0 radical (unpaired) electrons. The van der Waals surface area contributed by atoms with Gasteiger partial charge in [0.05, 0.1) is 5.69 Å². The third-order valence-electron chi connectivity index (χ3n) is 3.85. The van der Waals surface area contributed by atoms with E-state index in [2.05, 4.69) is 24.1 Å². The Hall–Kier alpha value is -0.810. The Morgan fingerprint density at radius 1 is 1.30 bits per heavy atom. The van der Waals surface area contributed by atoms with E-state index >= 15 is 0 Å². The Bertz CT molecular complexity index is 428. The first-order chi connectivity index (χ1) is 9.65. The van der Waals surface area contributed by atoms with Crippen LogP contribution in [0.15, 0.2) is 29.2 Å². The summed E-state index contributed by atoms with van der Waals surface area (Å²) in [6, 6.07) is 8.32. The van der Waals surface area contributed by atoms with E-state index in [-0.39, 0.29) is 0 Å². The highest BCUT2D eigenvalue weighted by Gasteiger charge is 2.27. The van der Waals surface area contributed by atoms with Crippen LogP contribution in [0, 0.1) is 0 Å². The third-order valence-corrected chi connectivity index (χ3v) is 4.63. The van der Waals surface area contributed by atoms with Crippen LogP contribution in [0.2, 0.25) is 0 Å². The zero-order valence-electron chi connectivity index (χ0n) is 12.0. The smallest absolute Gasteiger partial charge is 0.288 e. The summed E-state index contributed by atoms with van der Waals surface area (Å²) in [6.45, 7) is 6.11. The summed E-state index contributed by atoms with van der Waals surface area (Å²) in [5, 5.41) is 3.53. The zero-order chi connectivity index (χ0) is 14.5. The lowest BCUT2D eigenvalue weighted by atomic mass is 10.0. The van der Waals surface area contributed by atoms with Crippen LogP contribution in [0.25, 0.3) is 0 Å². The fourth-order valence-corrected chi connectivity index (χ4v) is 3.34. The van der Waals surface area contributed by atoms with Gasteiger partial charge < -0.3 is 10.2 Å². The van der Waals surface area contributed by atoms with Crippen molar-refractivity contribution in [1.29, 1.82) is 0 Å². The van der Waals surface area contributed by atoms with Crippen molar-refractivity contribution in [2.45, 2.75) is 49.4 Å². The van der Waals surface area contributed by atoms with E-state index in [1.165, 1.54) is 0 Å². The van der Waals surface area contributed by atoms with Crippen molar-refractivity contribution < 1.29 is 8.78 Å². The van der Waals surface area contributed by atoms with Gasteiger partial charge in [0.25, 0.3) is 5.76 Å². The number of rotatable bonds is 5. The second-order valence-corrected chi connectivity index (χ2v) is 6.11. The molecule has 1 aromatic rings. The number of anilines is 1. The fraction of sp³-hybridized carbons (Fsp3) is 0.600. The highest BCUT2D eigenvalue weighted by atomic mass is 32.2. The van der Waals surface area contributed by atoms with Crippen molar-refractivity contribution >= 4 is 17.4 Å². The van der Waals surface area contributed by atoms with Gasteiger partial charge in [-0.2, -0.15) is 8.78 Å². The van der Waals surface area contributed by atoms with Crippen LogP contribution in [0.1, 0.15) is 26.7 Å². The van der Waals surface area contributed by atoms with E-state index in [4.69, 9.17) is 0 Å². The van der Waals surface area contributed by atoms with Crippen molar-refractivity contribution in [2.24, 2.45) is 0 Å². The first-order valence-corrected chi connectivity index (χ1v) is 8.07. The molecule has 20 heavy (non-hydrogen) atoms. The molecule has 1 aliphatic heterocycles. The summed E-state index contributed by atoms with van der Waals surface area (Å²) < 4.78 is 25.4. The zero-order valence-corrected chi connectivity index (χ0v) is 12.8. The number of hydrogen-bond acceptors (Lipinski definition) is 3. The molecule has 1 aliphatic rings. The molecule has 2 atom stereocenters. The Labute approximate surface area is 123 Å². The van der Waals surface area contributed by atoms with Gasteiger partial charge in [0.1, 0.15) is 0 Å². The normalized spacial score (nSPS) is 23.4. The Balaban J connectivity index is 2.26. The maximum atomic E-state index is 12.7. The van der Waals surface area contributed by atoms with Crippen LogP contribution in [0.5, 0.6) is 0 Å². The largest absolute Gasteiger partial charge is 0.365 e. The van der Waals surface area contributed by atoms with Gasteiger partial charge in [-0.25, -0.2) is 0 Å². The van der Waals surface area contributed by atoms with E-state index < -0.39 is 5.76 Å². The van der Waals surface area contributed by atoms with Crippen molar-refractivity contribution in [1.82, 2.24) is 5.32 Å². The number of para-hydroxylation sites is 1. The lowest BCUT2D eigenvalue weighted by Crippen LogP contribution is -2.56. The standard InChI is InChI=1S/C15H22F2N2S/c1-3-11-10-19(12(4-2)9-18-11)13-7-5-6-8-14(13)20-15(16)17/h5-8,11-12,15,18H,3-4,9-10H2,1-2H3. The molecule has 1 saturated heterocycles. The lowest BCUT2D eigenvalue weighted by Gasteiger charge is -2.42. The minimum atomic E-state index is -2.37. The Morgan fingerprint density at radius 2 is 2.05 bits per heavy atom. The van der Waals surface area contributed by atoms with Gasteiger partial charge in [0.2, 0.25) is 0 Å². The minimum Gasteiger partial charge on any atom is -0.365 e. The second-order valence-electron chi connectivity index (χ2n) is 5.07. The highest BCUT2D eigenvalue weighted by Crippen LogP contribution is 2.35. The molecule has 2 rings (SSSR count). The molecule has 1 fully saturated rings. The number of hydrogen-bond donors (Lipinski definition) is 1. The Morgan fingerprint density at radius 3 is 2.70 bits per heavy atom. The number of nitrogens with one attached hydrogen (secondary N) is 1. The molecular formula is C15H22F2N2S. The summed E-state index contributed by atoms with van der Waals surface area (Å²) >= 11 is 0.645. The van der Waals surface area contributed by atoms with E-state index in [9.17, 15) is 8.78 Å². The quantitative estimate of drug-likeness (QED) is 0.828. The summed E-state index contributed by atoms with van der Waals surface area (Å²) in [5.41, 5.74) is 0.949. The molecule has 1 heterocycles. The average molecular weight is 300 g/mol. The van der Waals surface area contributed by atoms with E-state index in [0.29, 0.717) is 28.7 Å². The number of alkyl halides is 2. The van der Waals surface area contributed by atoms with Gasteiger partial charge >= 0.3 is 0 Å². The lowest BCUT2D eigenvalue weighted by molar-refractivity contribution is 0.252. The van der Waals surface area contributed by atoms with E-state index in [1.54, 1.807) is 6.07 Å². The van der Waals surface area contributed by atoms with Gasteiger partial charge in [-0.3, -0.25) is 0 Å². The van der Waals surface area contributed by atoms with Crippen LogP contribution in [-0.2, 0) is 0 Å². The molecule has 0 aromatic heterocycles. The maximum absolute atomic E-state index is 12.7. The third kappa shape index (κ3) is 3.64. The number of nitrogens with zero attached hydrogens (tertiary/aromatic N) is 1. The molecule has 2 nitrogen and oxygen atoms in total. The molecular weight excluding hydrogens is 278 g/mol. The molecule has 0 bridgehead atoms. The fourth-order valence-electron chi connectivity index (χ4n) is 2.69. The van der Waals surface area contributed by atoms with Gasteiger partial charge in [-0.15, -0.1) is 0 Å². The molecule has 112 valence electrons. The first kappa shape index (κ1) is 15.6. The summed E-state index contributed by atoms with van der Waals surface area (Å²) in [6.07, 6.45) is 2.06. The molecule has 2 unspecified atom stereocenters. The summed E-state index contributed by atoms with van der Waals surface area (Å²) in [4.78, 5) is 2.98. The average Bonchev–Trinajstić information content (AvgIpc) is 2.46. The van der Waals surface area contributed by atoms with Crippen molar-refractivity contribution in [3.63, 3.8) is 0 Å². The maximum Gasteiger partial charge on any atom is 0.288 e. The molecule has 0 aliphatic carbocycles. The number of halogens is 2. The molecule has 1 N–H and O–H groups in total. The second kappa shape index (κ2) is 7.27.